The predicted molar refractivity (Wildman–Crippen MR) is 35.1 cm³/mol. The lowest BCUT2D eigenvalue weighted by Gasteiger charge is -2.18. The van der Waals surface area contributed by atoms with E-state index in [0.29, 0.717) is 11.2 Å². The molecule has 0 heterocycles. The van der Waals surface area contributed by atoms with Crippen molar-refractivity contribution >= 4 is 5.78 Å². The van der Waals surface area contributed by atoms with Crippen molar-refractivity contribution in [1.29, 1.82) is 0 Å². The molecule has 2 fully saturated rings. The van der Waals surface area contributed by atoms with Gasteiger partial charge in [-0.2, -0.15) is 0 Å². The van der Waals surface area contributed by atoms with E-state index in [0.717, 1.165) is 12.8 Å². The van der Waals surface area contributed by atoms with Crippen LogP contribution in [0, 0.1) is 5.41 Å². The standard InChI is InChI=1S/C8H12O/c9-7-2-1-3-8(6-7)4-5-8/h1-6H2. The summed E-state index contributed by atoms with van der Waals surface area (Å²) in [5, 5.41) is 0. The molecule has 0 aromatic heterocycles. The van der Waals surface area contributed by atoms with Gasteiger partial charge in [0, 0.05) is 12.8 Å². The Labute approximate surface area is 55.4 Å². The minimum Gasteiger partial charge on any atom is -0.300 e. The molecule has 0 aliphatic heterocycles. The van der Waals surface area contributed by atoms with Crippen LogP contribution in [0.4, 0.5) is 0 Å². The average molecular weight is 124 g/mol. The molecular formula is C8H12O. The highest BCUT2D eigenvalue weighted by Gasteiger charge is 2.45. The third-order valence-electron chi connectivity index (χ3n) is 2.69. The highest BCUT2D eigenvalue weighted by atomic mass is 16.1. The van der Waals surface area contributed by atoms with Gasteiger partial charge in [-0.15, -0.1) is 0 Å². The molecular weight excluding hydrogens is 112 g/mol. The first-order valence-electron chi connectivity index (χ1n) is 3.83. The van der Waals surface area contributed by atoms with Crippen LogP contribution in [0.2, 0.25) is 0 Å². The van der Waals surface area contributed by atoms with Crippen molar-refractivity contribution in [2.24, 2.45) is 5.41 Å². The van der Waals surface area contributed by atoms with Crippen molar-refractivity contribution in [2.75, 3.05) is 0 Å². The van der Waals surface area contributed by atoms with Gasteiger partial charge >= 0.3 is 0 Å². The van der Waals surface area contributed by atoms with Gasteiger partial charge in [0.25, 0.3) is 0 Å². The van der Waals surface area contributed by atoms with Gasteiger partial charge in [0.05, 0.1) is 0 Å². The Morgan fingerprint density at radius 1 is 1.22 bits per heavy atom. The molecule has 0 atom stereocenters. The van der Waals surface area contributed by atoms with Crippen molar-refractivity contribution in [3.8, 4) is 0 Å². The third kappa shape index (κ3) is 0.887. The van der Waals surface area contributed by atoms with Crippen LogP contribution < -0.4 is 0 Å². The smallest absolute Gasteiger partial charge is 0.133 e. The van der Waals surface area contributed by atoms with Gasteiger partial charge in [-0.1, -0.05) is 0 Å². The summed E-state index contributed by atoms with van der Waals surface area (Å²) in [6, 6.07) is 0. The fourth-order valence-electron chi connectivity index (χ4n) is 1.86. The van der Waals surface area contributed by atoms with Crippen LogP contribution in [0.15, 0.2) is 0 Å². The number of Topliss-reactive ketones (excluding diaryl/α,β-unsaturated/α-hetero) is 1. The molecule has 2 rings (SSSR count). The van der Waals surface area contributed by atoms with Crippen molar-refractivity contribution in [3.05, 3.63) is 0 Å². The van der Waals surface area contributed by atoms with E-state index >= 15 is 0 Å². The van der Waals surface area contributed by atoms with Crippen molar-refractivity contribution in [1.82, 2.24) is 0 Å². The van der Waals surface area contributed by atoms with E-state index in [4.69, 9.17) is 0 Å². The second kappa shape index (κ2) is 1.59. The Balaban J connectivity index is 2.04. The molecule has 2 saturated carbocycles. The van der Waals surface area contributed by atoms with Gasteiger partial charge < -0.3 is 0 Å². The molecule has 0 N–H and O–H groups in total. The summed E-state index contributed by atoms with van der Waals surface area (Å²) in [7, 11) is 0. The summed E-state index contributed by atoms with van der Waals surface area (Å²) < 4.78 is 0. The van der Waals surface area contributed by atoms with E-state index in [2.05, 4.69) is 0 Å². The molecule has 0 amide bonds. The molecule has 2 aliphatic rings. The number of hydrogen-bond donors (Lipinski definition) is 0. The summed E-state index contributed by atoms with van der Waals surface area (Å²) in [5.74, 6) is 0.513. The van der Waals surface area contributed by atoms with Crippen LogP contribution in [0.3, 0.4) is 0 Å². The molecule has 2 aliphatic carbocycles. The summed E-state index contributed by atoms with van der Waals surface area (Å²) in [6.07, 6.45) is 6.93. The van der Waals surface area contributed by atoms with E-state index in [9.17, 15) is 4.79 Å². The van der Waals surface area contributed by atoms with E-state index < -0.39 is 0 Å². The van der Waals surface area contributed by atoms with Gasteiger partial charge in [0.15, 0.2) is 0 Å². The van der Waals surface area contributed by atoms with E-state index in [1.807, 2.05) is 0 Å². The quantitative estimate of drug-likeness (QED) is 0.482. The lowest BCUT2D eigenvalue weighted by atomic mass is 9.86. The largest absolute Gasteiger partial charge is 0.300 e. The zero-order valence-electron chi connectivity index (χ0n) is 5.65. The molecule has 0 unspecified atom stereocenters. The Bertz CT molecular complexity index is 145. The van der Waals surface area contributed by atoms with Crippen molar-refractivity contribution in [2.45, 2.75) is 38.5 Å². The zero-order valence-corrected chi connectivity index (χ0v) is 5.65. The molecule has 1 nitrogen and oxygen atoms in total. The van der Waals surface area contributed by atoms with Crippen molar-refractivity contribution < 1.29 is 4.79 Å². The topological polar surface area (TPSA) is 17.1 Å². The maximum Gasteiger partial charge on any atom is 0.133 e. The van der Waals surface area contributed by atoms with Gasteiger partial charge in [-0.25, -0.2) is 0 Å². The minimum absolute atomic E-state index is 0.513. The predicted octanol–water partition coefficient (Wildman–Crippen LogP) is 1.91. The summed E-state index contributed by atoms with van der Waals surface area (Å²) in [5.41, 5.74) is 0.551. The summed E-state index contributed by atoms with van der Waals surface area (Å²) >= 11 is 0. The molecule has 1 heteroatoms. The summed E-state index contributed by atoms with van der Waals surface area (Å²) in [4.78, 5) is 10.9. The van der Waals surface area contributed by atoms with Crippen LogP contribution in [0.5, 0.6) is 0 Å². The Morgan fingerprint density at radius 3 is 2.44 bits per heavy atom. The normalized spacial score (nSPS) is 30.9. The van der Waals surface area contributed by atoms with Gasteiger partial charge in [0.2, 0.25) is 0 Å². The van der Waals surface area contributed by atoms with E-state index in [1.165, 1.54) is 25.7 Å². The van der Waals surface area contributed by atoms with Crippen molar-refractivity contribution in [3.63, 3.8) is 0 Å². The molecule has 0 saturated heterocycles. The number of rotatable bonds is 0. The van der Waals surface area contributed by atoms with Crippen LogP contribution in [0.1, 0.15) is 38.5 Å². The molecule has 0 aromatic carbocycles. The lowest BCUT2D eigenvalue weighted by Crippen LogP contribution is -2.15. The number of hydrogen-bond acceptors (Lipinski definition) is 1. The van der Waals surface area contributed by atoms with E-state index in [-0.39, 0.29) is 0 Å². The molecule has 50 valence electrons. The number of carbonyl (C=O) groups excluding carboxylic acids is 1. The molecule has 9 heavy (non-hydrogen) atoms. The first kappa shape index (κ1) is 5.45. The second-order valence-corrected chi connectivity index (χ2v) is 3.57. The maximum absolute atomic E-state index is 10.9. The van der Waals surface area contributed by atoms with Crippen LogP contribution in [0.25, 0.3) is 0 Å². The highest BCUT2D eigenvalue weighted by Crippen LogP contribution is 2.55. The number of carbonyl (C=O) groups is 1. The van der Waals surface area contributed by atoms with Gasteiger partial charge in [-0.05, 0) is 31.1 Å². The SMILES string of the molecule is O=C1CCCC2(CC2)C1. The van der Waals surface area contributed by atoms with Gasteiger partial charge in [-0.3, -0.25) is 4.79 Å². The van der Waals surface area contributed by atoms with Crippen LogP contribution in [-0.4, -0.2) is 5.78 Å². The van der Waals surface area contributed by atoms with Crippen LogP contribution in [-0.2, 0) is 4.79 Å². The Hall–Kier alpha value is -0.330. The highest BCUT2D eigenvalue weighted by molar-refractivity contribution is 5.80. The van der Waals surface area contributed by atoms with Crippen LogP contribution >= 0.6 is 0 Å². The third-order valence-corrected chi connectivity index (χ3v) is 2.69. The summed E-state index contributed by atoms with van der Waals surface area (Å²) in [6.45, 7) is 0. The fourth-order valence-corrected chi connectivity index (χ4v) is 1.86. The number of ketones is 1. The molecule has 0 radical (unpaired) electrons. The minimum atomic E-state index is 0.513. The Kier molecular flexibility index (Phi) is 0.961. The molecule has 0 bridgehead atoms. The maximum atomic E-state index is 10.9. The average Bonchev–Trinajstić information content (AvgIpc) is 2.49. The molecule has 1 spiro atoms. The second-order valence-electron chi connectivity index (χ2n) is 3.57. The first-order valence-corrected chi connectivity index (χ1v) is 3.83. The van der Waals surface area contributed by atoms with Gasteiger partial charge in [0.1, 0.15) is 5.78 Å². The van der Waals surface area contributed by atoms with E-state index in [1.54, 1.807) is 0 Å². The molecule has 0 aromatic rings. The zero-order chi connectivity index (χ0) is 6.32. The monoisotopic (exact) mass is 124 g/mol. The Morgan fingerprint density at radius 2 is 2.00 bits per heavy atom. The lowest BCUT2D eigenvalue weighted by molar-refractivity contribution is -0.121. The fraction of sp³-hybridized carbons (Fsp3) is 0.875. The first-order chi connectivity index (χ1) is 4.31.